The Labute approximate surface area is 126 Å². The number of hydrogen-bond donors (Lipinski definition) is 1. The number of rotatable bonds is 4. The van der Waals surface area contributed by atoms with Gasteiger partial charge in [0.05, 0.1) is 10.6 Å². The van der Waals surface area contributed by atoms with Crippen molar-refractivity contribution in [2.45, 2.75) is 20.4 Å². The van der Waals surface area contributed by atoms with Gasteiger partial charge in [0.15, 0.2) is 0 Å². The summed E-state index contributed by atoms with van der Waals surface area (Å²) in [6.45, 7) is 4.39. The summed E-state index contributed by atoms with van der Waals surface area (Å²) in [5.74, 6) is 0. The minimum Gasteiger partial charge on any atom is -0.380 e. The zero-order valence-electron chi connectivity index (χ0n) is 11.3. The molecule has 0 saturated carbocycles. The molecule has 0 atom stereocenters. The molecule has 4 nitrogen and oxygen atoms in total. The number of hydrogen-bond acceptors (Lipinski definition) is 3. The first kappa shape index (κ1) is 14.5. The zero-order chi connectivity index (χ0) is 14.7. The highest BCUT2D eigenvalue weighted by molar-refractivity contribution is 9.10. The quantitative estimate of drug-likeness (QED) is 0.657. The Bertz CT molecular complexity index is 639. The molecule has 104 valence electrons. The van der Waals surface area contributed by atoms with Crippen LogP contribution in [0.5, 0.6) is 0 Å². The van der Waals surface area contributed by atoms with E-state index >= 15 is 0 Å². The molecule has 0 amide bonds. The predicted octanol–water partition coefficient (Wildman–Crippen LogP) is 4.59. The number of anilines is 1. The number of nitro groups is 1. The fraction of sp³-hybridized carbons (Fsp3) is 0.200. The first-order chi connectivity index (χ1) is 9.47. The molecule has 0 radical (unpaired) electrons. The van der Waals surface area contributed by atoms with Crippen LogP contribution in [0.3, 0.4) is 0 Å². The van der Waals surface area contributed by atoms with Gasteiger partial charge in [-0.1, -0.05) is 29.8 Å². The van der Waals surface area contributed by atoms with E-state index in [1.165, 1.54) is 5.56 Å². The summed E-state index contributed by atoms with van der Waals surface area (Å²) < 4.78 is 0.827. The van der Waals surface area contributed by atoms with Crippen molar-refractivity contribution in [2.24, 2.45) is 0 Å². The van der Waals surface area contributed by atoms with Crippen molar-refractivity contribution in [3.8, 4) is 0 Å². The van der Waals surface area contributed by atoms with Gasteiger partial charge in [0.25, 0.3) is 5.69 Å². The molecule has 1 N–H and O–H groups in total. The van der Waals surface area contributed by atoms with E-state index in [1.54, 1.807) is 19.1 Å². The van der Waals surface area contributed by atoms with Crippen LogP contribution in [-0.2, 0) is 6.54 Å². The smallest absolute Gasteiger partial charge is 0.274 e. The van der Waals surface area contributed by atoms with Crippen molar-refractivity contribution >= 4 is 27.3 Å². The van der Waals surface area contributed by atoms with Crippen molar-refractivity contribution in [2.75, 3.05) is 5.32 Å². The topological polar surface area (TPSA) is 55.2 Å². The number of halogens is 1. The van der Waals surface area contributed by atoms with Crippen LogP contribution in [-0.4, -0.2) is 4.92 Å². The Hall–Kier alpha value is -1.88. The lowest BCUT2D eigenvalue weighted by Gasteiger charge is -2.10. The van der Waals surface area contributed by atoms with Crippen molar-refractivity contribution in [1.82, 2.24) is 0 Å². The van der Waals surface area contributed by atoms with E-state index in [0.29, 0.717) is 12.1 Å². The normalized spacial score (nSPS) is 10.3. The number of nitrogens with zero attached hydrogens (tertiary/aromatic N) is 1. The molecular weight excluding hydrogens is 320 g/mol. The fourth-order valence-corrected chi connectivity index (χ4v) is 2.49. The maximum atomic E-state index is 11.0. The lowest BCUT2D eigenvalue weighted by Crippen LogP contribution is -2.02. The summed E-state index contributed by atoms with van der Waals surface area (Å²) in [6.07, 6.45) is 0. The Morgan fingerprint density at radius 2 is 1.85 bits per heavy atom. The largest absolute Gasteiger partial charge is 0.380 e. The Morgan fingerprint density at radius 1 is 1.20 bits per heavy atom. The van der Waals surface area contributed by atoms with Gasteiger partial charge in [-0.05, 0) is 41.4 Å². The maximum Gasteiger partial charge on any atom is 0.274 e. The highest BCUT2D eigenvalue weighted by atomic mass is 79.9. The van der Waals surface area contributed by atoms with Gasteiger partial charge in [0.1, 0.15) is 0 Å². The molecule has 0 aliphatic carbocycles. The second-order valence-corrected chi connectivity index (χ2v) is 5.57. The summed E-state index contributed by atoms with van der Waals surface area (Å²) in [5, 5.41) is 14.2. The van der Waals surface area contributed by atoms with Gasteiger partial charge in [-0.15, -0.1) is 0 Å². The van der Waals surface area contributed by atoms with Crippen molar-refractivity contribution in [3.63, 3.8) is 0 Å². The Balaban J connectivity index is 2.18. The van der Waals surface area contributed by atoms with E-state index in [-0.39, 0.29) is 10.6 Å². The third-order valence-corrected chi connectivity index (χ3v) is 3.74. The van der Waals surface area contributed by atoms with Crippen molar-refractivity contribution in [3.05, 3.63) is 67.7 Å². The van der Waals surface area contributed by atoms with Crippen LogP contribution in [0.15, 0.2) is 40.9 Å². The van der Waals surface area contributed by atoms with E-state index in [1.807, 2.05) is 31.2 Å². The van der Waals surface area contributed by atoms with Crippen LogP contribution in [0.25, 0.3) is 0 Å². The van der Waals surface area contributed by atoms with Crippen LogP contribution < -0.4 is 5.32 Å². The molecule has 0 spiro atoms. The van der Waals surface area contributed by atoms with E-state index in [9.17, 15) is 10.1 Å². The number of nitro benzene ring substituents is 1. The molecule has 0 aromatic heterocycles. The predicted molar refractivity (Wildman–Crippen MR) is 84.0 cm³/mol. The van der Waals surface area contributed by atoms with Crippen LogP contribution in [0.4, 0.5) is 11.4 Å². The maximum absolute atomic E-state index is 11.0. The molecule has 2 aromatic rings. The van der Waals surface area contributed by atoms with Gasteiger partial charge in [0.2, 0.25) is 0 Å². The standard InChI is InChI=1S/C15H15BrN2O2/c1-10-3-5-12(6-4-10)9-17-14-8-15(18(19)20)11(2)7-13(14)16/h3-8,17H,9H2,1-2H3. The van der Waals surface area contributed by atoms with Gasteiger partial charge in [-0.2, -0.15) is 0 Å². The lowest BCUT2D eigenvalue weighted by molar-refractivity contribution is -0.385. The summed E-state index contributed by atoms with van der Waals surface area (Å²) in [5.41, 5.74) is 3.83. The first-order valence-corrected chi connectivity index (χ1v) is 7.00. The fourth-order valence-electron chi connectivity index (χ4n) is 1.90. The van der Waals surface area contributed by atoms with Crippen LogP contribution in [0, 0.1) is 24.0 Å². The van der Waals surface area contributed by atoms with E-state index in [0.717, 1.165) is 15.7 Å². The lowest BCUT2D eigenvalue weighted by atomic mass is 10.1. The molecule has 0 aliphatic heterocycles. The van der Waals surface area contributed by atoms with Gasteiger partial charge < -0.3 is 5.32 Å². The zero-order valence-corrected chi connectivity index (χ0v) is 12.9. The molecule has 0 saturated heterocycles. The summed E-state index contributed by atoms with van der Waals surface area (Å²) in [6, 6.07) is 11.5. The molecule has 2 rings (SSSR count). The molecule has 0 heterocycles. The molecule has 0 fully saturated rings. The minimum atomic E-state index is -0.362. The van der Waals surface area contributed by atoms with Gasteiger partial charge in [-0.25, -0.2) is 0 Å². The summed E-state index contributed by atoms with van der Waals surface area (Å²) >= 11 is 3.43. The molecule has 0 bridgehead atoms. The number of benzene rings is 2. The van der Waals surface area contributed by atoms with Crippen LogP contribution in [0.1, 0.15) is 16.7 Å². The van der Waals surface area contributed by atoms with Gasteiger partial charge in [0, 0.05) is 22.6 Å². The molecule has 0 unspecified atom stereocenters. The number of nitrogens with one attached hydrogen (secondary N) is 1. The second kappa shape index (κ2) is 6.05. The first-order valence-electron chi connectivity index (χ1n) is 6.21. The molecular formula is C15H15BrN2O2. The summed E-state index contributed by atoms with van der Waals surface area (Å²) in [7, 11) is 0. The summed E-state index contributed by atoms with van der Waals surface area (Å²) in [4.78, 5) is 10.6. The van der Waals surface area contributed by atoms with Gasteiger partial charge >= 0.3 is 0 Å². The minimum absolute atomic E-state index is 0.125. The highest BCUT2D eigenvalue weighted by Gasteiger charge is 2.14. The average molecular weight is 335 g/mol. The monoisotopic (exact) mass is 334 g/mol. The number of aryl methyl sites for hydroxylation is 2. The van der Waals surface area contributed by atoms with Gasteiger partial charge in [-0.3, -0.25) is 10.1 Å². The molecule has 0 aliphatic rings. The third kappa shape index (κ3) is 3.36. The van der Waals surface area contributed by atoms with E-state index in [2.05, 4.69) is 21.2 Å². The van der Waals surface area contributed by atoms with Crippen LogP contribution in [0.2, 0.25) is 0 Å². The molecule has 5 heteroatoms. The third-order valence-electron chi connectivity index (χ3n) is 3.09. The Morgan fingerprint density at radius 3 is 2.45 bits per heavy atom. The SMILES string of the molecule is Cc1ccc(CNc2cc([N+](=O)[O-])c(C)cc2Br)cc1. The molecule has 20 heavy (non-hydrogen) atoms. The van der Waals surface area contributed by atoms with Crippen LogP contribution >= 0.6 is 15.9 Å². The second-order valence-electron chi connectivity index (χ2n) is 4.71. The van der Waals surface area contributed by atoms with Crippen molar-refractivity contribution < 1.29 is 4.92 Å². The van der Waals surface area contributed by atoms with E-state index in [4.69, 9.17) is 0 Å². The average Bonchev–Trinajstić information content (AvgIpc) is 2.39. The molecule has 2 aromatic carbocycles. The van der Waals surface area contributed by atoms with E-state index < -0.39 is 0 Å². The van der Waals surface area contributed by atoms with Crippen molar-refractivity contribution in [1.29, 1.82) is 0 Å². The Kier molecular flexibility index (Phi) is 4.39. The highest BCUT2D eigenvalue weighted by Crippen LogP contribution is 2.30.